The van der Waals surface area contributed by atoms with Gasteiger partial charge in [-0.2, -0.15) is 35.1 Å². The van der Waals surface area contributed by atoms with Gasteiger partial charge in [-0.1, -0.05) is 0 Å². The summed E-state index contributed by atoms with van der Waals surface area (Å²) < 4.78 is 111. The molecule has 0 saturated carbocycles. The van der Waals surface area contributed by atoms with Crippen molar-refractivity contribution < 1.29 is 44.6 Å². The van der Waals surface area contributed by atoms with Crippen LogP contribution < -0.4 is 0 Å². The maximum atomic E-state index is 12.4. The molecule has 94 valence electrons. The Morgan fingerprint density at radius 1 is 0.688 bits per heavy atom. The molecule has 1 aliphatic carbocycles. The summed E-state index contributed by atoms with van der Waals surface area (Å²) in [6.45, 7) is 0. The molecule has 1 rings (SSSR count). The van der Waals surface area contributed by atoms with E-state index in [4.69, 9.17) is 5.11 Å². The molecule has 16 heavy (non-hydrogen) atoms. The second kappa shape index (κ2) is 2.77. The van der Waals surface area contributed by atoms with Crippen LogP contribution in [0.4, 0.5) is 39.5 Å². The lowest BCUT2D eigenvalue weighted by Crippen LogP contribution is -2.66. The van der Waals surface area contributed by atoms with E-state index < -0.39 is 35.3 Å². The van der Waals surface area contributed by atoms with Crippen LogP contribution in [0.1, 0.15) is 0 Å². The quantitative estimate of drug-likeness (QED) is 0.662. The fraction of sp³-hybridized carbons (Fsp3) is 0.667. The first-order valence-corrected chi connectivity index (χ1v) is 3.42. The van der Waals surface area contributed by atoms with Crippen LogP contribution in [0.5, 0.6) is 0 Å². The van der Waals surface area contributed by atoms with E-state index in [1.807, 2.05) is 0 Å². The van der Waals surface area contributed by atoms with Crippen LogP contribution in [0.15, 0.2) is 11.6 Å². The van der Waals surface area contributed by atoms with Gasteiger partial charge in [-0.15, -0.1) is 0 Å². The molecule has 0 atom stereocenters. The summed E-state index contributed by atoms with van der Waals surface area (Å²) in [4.78, 5) is 0. The van der Waals surface area contributed by atoms with Crippen LogP contribution >= 0.6 is 0 Å². The van der Waals surface area contributed by atoms with Crippen LogP contribution in [0.3, 0.4) is 0 Å². The Balaban J connectivity index is 3.64. The molecule has 0 saturated heterocycles. The van der Waals surface area contributed by atoms with E-state index in [1.54, 1.807) is 0 Å². The third kappa shape index (κ3) is 1.04. The number of hydrogen-bond donors (Lipinski definition) is 1. The minimum absolute atomic E-state index is 3.39. The van der Waals surface area contributed by atoms with Crippen molar-refractivity contribution in [3.8, 4) is 0 Å². The van der Waals surface area contributed by atoms with E-state index in [9.17, 15) is 39.5 Å². The number of halogens is 9. The smallest absolute Gasteiger partial charge is 0.386 e. The van der Waals surface area contributed by atoms with Crippen molar-refractivity contribution in [1.29, 1.82) is 0 Å². The second-order valence-electron chi connectivity index (χ2n) is 2.96. The summed E-state index contributed by atoms with van der Waals surface area (Å²) in [5.74, 6) is -32.6. The fourth-order valence-electron chi connectivity index (χ4n) is 0.967. The summed E-state index contributed by atoms with van der Waals surface area (Å²) in [6, 6.07) is 0. The Hall–Kier alpha value is -1.09. The third-order valence-electron chi connectivity index (χ3n) is 1.96. The monoisotopic (exact) mass is 260 g/mol. The van der Waals surface area contributed by atoms with Gasteiger partial charge in [-0.25, -0.2) is 4.39 Å². The molecule has 0 aromatic rings. The molecule has 0 aromatic heterocycles. The highest BCUT2D eigenvalue weighted by molar-refractivity contribution is 5.31. The highest BCUT2D eigenvalue weighted by atomic mass is 19.4. The molecule has 0 unspecified atom stereocenters. The zero-order valence-corrected chi connectivity index (χ0v) is 6.85. The molecule has 0 aliphatic heterocycles. The van der Waals surface area contributed by atoms with Crippen molar-refractivity contribution in [3.63, 3.8) is 0 Å². The second-order valence-corrected chi connectivity index (χ2v) is 2.96. The molecule has 0 radical (unpaired) electrons. The first-order chi connectivity index (χ1) is 6.82. The number of aliphatic hydroxyl groups excluding tert-OH is 1. The molecule has 0 aromatic carbocycles. The maximum absolute atomic E-state index is 12.4. The zero-order chi connectivity index (χ0) is 13.2. The van der Waals surface area contributed by atoms with Crippen LogP contribution in [0, 0.1) is 0 Å². The van der Waals surface area contributed by atoms with Gasteiger partial charge >= 0.3 is 23.7 Å². The van der Waals surface area contributed by atoms with Gasteiger partial charge in [0.05, 0.1) is 0 Å². The Morgan fingerprint density at radius 2 is 1.00 bits per heavy atom. The first-order valence-electron chi connectivity index (χ1n) is 3.42. The van der Waals surface area contributed by atoms with Gasteiger partial charge in [0.15, 0.2) is 0 Å². The summed E-state index contributed by atoms with van der Waals surface area (Å²) >= 11 is 0. The van der Waals surface area contributed by atoms with E-state index in [0.29, 0.717) is 0 Å². The lowest BCUT2D eigenvalue weighted by Gasteiger charge is -2.39. The average Bonchev–Trinajstić information content (AvgIpc) is 2.12. The molecule has 1 nitrogen and oxygen atoms in total. The van der Waals surface area contributed by atoms with E-state index in [0.717, 1.165) is 0 Å². The first kappa shape index (κ1) is 13.0. The van der Waals surface area contributed by atoms with Crippen LogP contribution in [0.2, 0.25) is 0 Å². The molecule has 0 amide bonds. The van der Waals surface area contributed by atoms with Gasteiger partial charge < -0.3 is 5.11 Å². The number of allylic oxidation sites excluding steroid dienone is 2. The Bertz CT molecular complexity index is 321. The molecule has 1 aliphatic rings. The van der Waals surface area contributed by atoms with E-state index in [2.05, 4.69) is 0 Å². The van der Waals surface area contributed by atoms with Crippen LogP contribution in [-0.2, 0) is 0 Å². The number of aliphatic hydroxyl groups is 1. The molecule has 0 fully saturated rings. The van der Waals surface area contributed by atoms with Gasteiger partial charge in [0.2, 0.25) is 11.6 Å². The fourth-order valence-corrected chi connectivity index (χ4v) is 0.967. The van der Waals surface area contributed by atoms with Crippen molar-refractivity contribution in [1.82, 2.24) is 0 Å². The summed E-state index contributed by atoms with van der Waals surface area (Å²) in [6.07, 6.45) is 0. The summed E-state index contributed by atoms with van der Waals surface area (Å²) in [7, 11) is 0. The topological polar surface area (TPSA) is 20.2 Å². The van der Waals surface area contributed by atoms with Crippen molar-refractivity contribution in [3.05, 3.63) is 11.6 Å². The van der Waals surface area contributed by atoms with Gasteiger partial charge in [0.25, 0.3) is 0 Å². The highest BCUT2D eigenvalue weighted by Crippen LogP contribution is 2.61. The standard InChI is InChI=1S/C6HF9O/c7-1-2(16)4(10,11)6(14,15)5(12,13)3(1,8)9/h16H. The van der Waals surface area contributed by atoms with Crippen molar-refractivity contribution in [2.24, 2.45) is 0 Å². The van der Waals surface area contributed by atoms with E-state index in [-0.39, 0.29) is 0 Å². The van der Waals surface area contributed by atoms with Gasteiger partial charge in [-0.3, -0.25) is 0 Å². The van der Waals surface area contributed by atoms with Crippen molar-refractivity contribution >= 4 is 0 Å². The molecule has 10 heteroatoms. The van der Waals surface area contributed by atoms with Crippen LogP contribution in [-0.4, -0.2) is 28.8 Å². The van der Waals surface area contributed by atoms with E-state index >= 15 is 0 Å². The Morgan fingerprint density at radius 3 is 1.38 bits per heavy atom. The summed E-state index contributed by atoms with van der Waals surface area (Å²) in [5.41, 5.74) is 0. The normalized spacial score (nSPS) is 30.3. The molecule has 0 bridgehead atoms. The van der Waals surface area contributed by atoms with Crippen molar-refractivity contribution in [2.75, 3.05) is 0 Å². The number of hydrogen-bond acceptors (Lipinski definition) is 1. The largest absolute Gasteiger partial charge is 0.504 e. The molecule has 0 spiro atoms. The summed E-state index contributed by atoms with van der Waals surface area (Å²) in [5, 5.41) is 8.07. The molecular weight excluding hydrogens is 259 g/mol. The lowest BCUT2D eigenvalue weighted by molar-refractivity contribution is -0.369. The van der Waals surface area contributed by atoms with Gasteiger partial charge in [-0.05, 0) is 0 Å². The van der Waals surface area contributed by atoms with Gasteiger partial charge in [0.1, 0.15) is 0 Å². The molecule has 0 heterocycles. The minimum atomic E-state index is -6.65. The predicted octanol–water partition coefficient (Wildman–Crippen LogP) is 3.28. The van der Waals surface area contributed by atoms with Gasteiger partial charge in [0, 0.05) is 0 Å². The predicted molar refractivity (Wildman–Crippen MR) is 30.6 cm³/mol. The Labute approximate surface area is 81.2 Å². The lowest BCUT2D eigenvalue weighted by atomic mass is 9.89. The minimum Gasteiger partial charge on any atom is -0.504 e. The van der Waals surface area contributed by atoms with Crippen molar-refractivity contribution in [2.45, 2.75) is 23.7 Å². The SMILES string of the molecule is OC1=C(F)C(F)(F)C(F)(F)C(F)(F)C1(F)F. The zero-order valence-electron chi connectivity index (χ0n) is 6.85. The molecule has 1 N–H and O–H groups in total. The van der Waals surface area contributed by atoms with E-state index in [1.165, 1.54) is 0 Å². The number of alkyl halides is 8. The molecular formula is C6HF9O. The third-order valence-corrected chi connectivity index (χ3v) is 1.96. The Kier molecular flexibility index (Phi) is 2.25. The maximum Gasteiger partial charge on any atom is 0.386 e. The van der Waals surface area contributed by atoms with Crippen LogP contribution in [0.25, 0.3) is 0 Å². The number of rotatable bonds is 0. The average molecular weight is 260 g/mol. The highest BCUT2D eigenvalue weighted by Gasteiger charge is 2.87.